The fourth-order valence-electron chi connectivity index (χ4n) is 1.68. The Morgan fingerprint density at radius 3 is 2.37 bits per heavy atom. The fraction of sp³-hybridized carbons (Fsp3) is 0.429. The highest BCUT2D eigenvalue weighted by atomic mass is 16.4. The van der Waals surface area contributed by atoms with Crippen LogP contribution in [0.15, 0.2) is 30.3 Å². The predicted molar refractivity (Wildman–Crippen MR) is 72.4 cm³/mol. The molecule has 0 saturated heterocycles. The molecule has 0 radical (unpaired) electrons. The topological polar surface area (TPSA) is 92.4 Å². The lowest BCUT2D eigenvalue weighted by atomic mass is 9.98. The first-order chi connectivity index (χ1) is 8.97. The van der Waals surface area contributed by atoms with Gasteiger partial charge in [0, 0.05) is 0 Å². The minimum absolute atomic E-state index is 0.00483. The molecular weight excluding hydrogens is 244 g/mol. The van der Waals surface area contributed by atoms with Gasteiger partial charge in [-0.05, 0) is 11.5 Å². The van der Waals surface area contributed by atoms with E-state index in [0.29, 0.717) is 5.56 Å². The Labute approximate surface area is 112 Å². The molecule has 1 amide bonds. The highest BCUT2D eigenvalue weighted by Gasteiger charge is 2.26. The summed E-state index contributed by atoms with van der Waals surface area (Å²) >= 11 is 0. The minimum atomic E-state index is -1.10. The summed E-state index contributed by atoms with van der Waals surface area (Å²) in [5.41, 5.74) is 6.32. The zero-order valence-electron chi connectivity index (χ0n) is 11.2. The molecule has 5 heteroatoms. The van der Waals surface area contributed by atoms with E-state index in [1.807, 2.05) is 13.8 Å². The number of benzene rings is 1. The molecule has 1 rings (SSSR count). The van der Waals surface area contributed by atoms with Gasteiger partial charge in [0.25, 0.3) is 0 Å². The Hall–Kier alpha value is -1.88. The van der Waals surface area contributed by atoms with Crippen molar-refractivity contribution in [2.24, 2.45) is 11.7 Å². The number of carboxylic acids is 1. The van der Waals surface area contributed by atoms with Crippen molar-refractivity contribution in [1.82, 2.24) is 5.32 Å². The first kappa shape index (κ1) is 15.2. The zero-order chi connectivity index (χ0) is 14.4. The zero-order valence-corrected chi connectivity index (χ0v) is 11.2. The van der Waals surface area contributed by atoms with E-state index in [1.54, 1.807) is 30.3 Å². The molecule has 0 aromatic heterocycles. The number of hydrogen-bond donors (Lipinski definition) is 3. The van der Waals surface area contributed by atoms with Gasteiger partial charge in [-0.15, -0.1) is 0 Å². The van der Waals surface area contributed by atoms with E-state index >= 15 is 0 Å². The number of nitrogens with one attached hydrogen (secondary N) is 1. The Morgan fingerprint density at radius 2 is 1.89 bits per heavy atom. The van der Waals surface area contributed by atoms with Gasteiger partial charge >= 0.3 is 5.97 Å². The number of carboxylic acid groups (broad SMARTS) is 1. The molecule has 4 N–H and O–H groups in total. The maximum absolute atomic E-state index is 11.9. The summed E-state index contributed by atoms with van der Waals surface area (Å²) in [5, 5.41) is 11.7. The van der Waals surface area contributed by atoms with Crippen molar-refractivity contribution >= 4 is 11.9 Å². The Bertz CT molecular complexity index is 434. The van der Waals surface area contributed by atoms with Crippen LogP contribution in [0.25, 0.3) is 0 Å². The Morgan fingerprint density at radius 1 is 1.32 bits per heavy atom. The average molecular weight is 264 g/mol. The van der Waals surface area contributed by atoms with Gasteiger partial charge in [-0.25, -0.2) is 4.79 Å². The van der Waals surface area contributed by atoms with Crippen molar-refractivity contribution in [2.45, 2.75) is 32.4 Å². The summed E-state index contributed by atoms with van der Waals surface area (Å²) in [4.78, 5) is 23.2. The molecule has 0 aliphatic carbocycles. The summed E-state index contributed by atoms with van der Waals surface area (Å²) < 4.78 is 0. The smallest absolute Gasteiger partial charge is 0.330 e. The third-order valence-corrected chi connectivity index (χ3v) is 3.23. The molecular formula is C14H20N2O3. The summed E-state index contributed by atoms with van der Waals surface area (Å²) in [6.07, 6.45) is 0.762. The van der Waals surface area contributed by atoms with Crippen LogP contribution in [0.4, 0.5) is 0 Å². The van der Waals surface area contributed by atoms with Crippen LogP contribution in [-0.2, 0) is 9.59 Å². The maximum Gasteiger partial charge on any atom is 0.330 e. The fourth-order valence-corrected chi connectivity index (χ4v) is 1.68. The van der Waals surface area contributed by atoms with Gasteiger partial charge < -0.3 is 16.2 Å². The van der Waals surface area contributed by atoms with Gasteiger partial charge in [-0.3, -0.25) is 4.79 Å². The number of rotatable bonds is 6. The van der Waals surface area contributed by atoms with Crippen molar-refractivity contribution in [1.29, 1.82) is 0 Å². The highest BCUT2D eigenvalue weighted by Crippen LogP contribution is 2.14. The van der Waals surface area contributed by atoms with E-state index < -0.39 is 24.0 Å². The monoisotopic (exact) mass is 264 g/mol. The first-order valence-corrected chi connectivity index (χ1v) is 6.31. The van der Waals surface area contributed by atoms with Crippen LogP contribution >= 0.6 is 0 Å². The standard InChI is InChI=1S/C14H20N2O3/c1-3-9(2)11(15)13(17)16-12(14(18)19)10-7-5-4-6-8-10/h4-9,11-12H,3,15H2,1-2H3,(H,16,17)(H,18,19)/t9-,11-,12?/m0/s1. The summed E-state index contributed by atoms with van der Waals surface area (Å²) in [6, 6.07) is 6.80. The summed E-state index contributed by atoms with van der Waals surface area (Å²) in [7, 11) is 0. The molecule has 1 unspecified atom stereocenters. The van der Waals surface area contributed by atoms with Crippen LogP contribution in [0, 0.1) is 5.92 Å². The van der Waals surface area contributed by atoms with Gasteiger partial charge in [0.05, 0.1) is 6.04 Å². The molecule has 5 nitrogen and oxygen atoms in total. The van der Waals surface area contributed by atoms with Crippen LogP contribution in [-0.4, -0.2) is 23.0 Å². The molecule has 104 valence electrons. The van der Waals surface area contributed by atoms with Gasteiger partial charge in [-0.2, -0.15) is 0 Å². The number of aliphatic carboxylic acids is 1. The number of nitrogens with two attached hydrogens (primary N) is 1. The Kier molecular flexibility index (Phi) is 5.51. The third kappa shape index (κ3) is 4.06. The van der Waals surface area contributed by atoms with E-state index in [4.69, 9.17) is 5.73 Å². The Balaban J connectivity index is 2.81. The lowest BCUT2D eigenvalue weighted by Gasteiger charge is -2.21. The molecule has 3 atom stereocenters. The summed E-state index contributed by atoms with van der Waals surface area (Å²) in [6.45, 7) is 3.80. The van der Waals surface area contributed by atoms with Gasteiger partial charge in [0.2, 0.25) is 5.91 Å². The van der Waals surface area contributed by atoms with Crippen LogP contribution in [0.2, 0.25) is 0 Å². The first-order valence-electron chi connectivity index (χ1n) is 6.31. The number of amides is 1. The van der Waals surface area contributed by atoms with E-state index in [-0.39, 0.29) is 5.92 Å². The molecule has 0 aliphatic rings. The lowest BCUT2D eigenvalue weighted by molar-refractivity contribution is -0.142. The van der Waals surface area contributed by atoms with E-state index in [2.05, 4.69) is 5.32 Å². The van der Waals surface area contributed by atoms with Gasteiger partial charge in [0.1, 0.15) is 0 Å². The van der Waals surface area contributed by atoms with Crippen LogP contribution < -0.4 is 11.1 Å². The molecule has 0 saturated carbocycles. The minimum Gasteiger partial charge on any atom is -0.479 e. The van der Waals surface area contributed by atoms with E-state index in [9.17, 15) is 14.7 Å². The van der Waals surface area contributed by atoms with E-state index in [0.717, 1.165) is 6.42 Å². The summed E-state index contributed by atoms with van der Waals surface area (Å²) in [5.74, 6) is -1.54. The highest BCUT2D eigenvalue weighted by molar-refractivity contribution is 5.87. The van der Waals surface area contributed by atoms with Gasteiger partial charge in [-0.1, -0.05) is 50.6 Å². The lowest BCUT2D eigenvalue weighted by Crippen LogP contribution is -2.47. The second-order valence-corrected chi connectivity index (χ2v) is 4.60. The van der Waals surface area contributed by atoms with Crippen LogP contribution in [0.3, 0.4) is 0 Å². The van der Waals surface area contributed by atoms with Crippen molar-refractivity contribution < 1.29 is 14.7 Å². The molecule has 0 heterocycles. The SMILES string of the molecule is CC[C@H](C)[C@H](N)C(=O)NC(C(=O)O)c1ccccc1. The third-order valence-electron chi connectivity index (χ3n) is 3.23. The molecule has 0 spiro atoms. The van der Waals surface area contributed by atoms with Crippen LogP contribution in [0.1, 0.15) is 31.9 Å². The molecule has 0 aliphatic heterocycles. The normalized spacial score (nSPS) is 15.3. The molecule has 0 fully saturated rings. The van der Waals surface area contributed by atoms with Crippen molar-refractivity contribution in [3.8, 4) is 0 Å². The largest absolute Gasteiger partial charge is 0.479 e. The number of carbonyl (C=O) groups excluding carboxylic acids is 1. The van der Waals surface area contributed by atoms with E-state index in [1.165, 1.54) is 0 Å². The maximum atomic E-state index is 11.9. The molecule has 0 bridgehead atoms. The molecule has 1 aromatic rings. The molecule has 19 heavy (non-hydrogen) atoms. The molecule has 1 aromatic carbocycles. The van der Waals surface area contributed by atoms with Crippen molar-refractivity contribution in [2.75, 3.05) is 0 Å². The quantitative estimate of drug-likeness (QED) is 0.722. The average Bonchev–Trinajstić information content (AvgIpc) is 2.43. The number of hydrogen-bond acceptors (Lipinski definition) is 3. The second kappa shape index (κ2) is 6.89. The van der Waals surface area contributed by atoms with Crippen molar-refractivity contribution in [3.05, 3.63) is 35.9 Å². The second-order valence-electron chi connectivity index (χ2n) is 4.60. The van der Waals surface area contributed by atoms with Crippen molar-refractivity contribution in [3.63, 3.8) is 0 Å². The van der Waals surface area contributed by atoms with Gasteiger partial charge in [0.15, 0.2) is 6.04 Å². The van der Waals surface area contributed by atoms with Crippen LogP contribution in [0.5, 0.6) is 0 Å². The number of carbonyl (C=O) groups is 2. The predicted octanol–water partition coefficient (Wildman–Crippen LogP) is 1.30.